The van der Waals surface area contributed by atoms with Crippen LogP contribution in [0.2, 0.25) is 0 Å². The molecule has 0 atom stereocenters. The Hall–Kier alpha value is -2.34. The second kappa shape index (κ2) is 19.2. The molecule has 170 valence electrons. The van der Waals surface area contributed by atoms with Gasteiger partial charge in [-0.05, 0) is 0 Å². The molecule has 0 unspecified atom stereocenters. The number of rotatable bonds is 2. The van der Waals surface area contributed by atoms with Crippen LogP contribution >= 0.6 is 0 Å². The van der Waals surface area contributed by atoms with Crippen molar-refractivity contribution in [3.63, 3.8) is 0 Å². The molecule has 0 N–H and O–H groups in total. The van der Waals surface area contributed by atoms with Gasteiger partial charge < -0.3 is 0 Å². The fourth-order valence-electron chi connectivity index (χ4n) is 2.91. The van der Waals surface area contributed by atoms with Crippen molar-refractivity contribution in [2.24, 2.45) is 0 Å². The molecule has 0 saturated heterocycles. The standard InChI is InChI=1S/2C10H8.2C5H5.3Fe/c2*1-2-6-9(5-1)10-7-3-4-8-10;2*1-2-4-5-3-1;;;/h2*1-8H;2*1-5H;;;/q2*-2;2*-1;3*+2. The van der Waals surface area contributed by atoms with Gasteiger partial charge in [0.1, 0.15) is 0 Å². The van der Waals surface area contributed by atoms with Crippen molar-refractivity contribution in [2.45, 2.75) is 0 Å². The monoisotopic (exact) mass is 554 g/mol. The van der Waals surface area contributed by atoms with E-state index in [-0.39, 0.29) is 51.2 Å². The summed E-state index contributed by atoms with van der Waals surface area (Å²) in [7, 11) is 0. The third-order valence-electron chi connectivity index (χ3n) is 4.43. The minimum absolute atomic E-state index is 0. The SMILES string of the molecule is [Fe+2].[Fe+2].[Fe+2].c1cc[c-](-[c-]2cccc2)c1.c1cc[c-](-[c-]2cccc2)c1.c1cc[cH-]c1.c1cc[cH-]c1. The molecule has 0 aliphatic carbocycles. The van der Waals surface area contributed by atoms with Crippen LogP contribution in [0.4, 0.5) is 0 Å². The Morgan fingerprint density at radius 3 is 0.576 bits per heavy atom. The van der Waals surface area contributed by atoms with Gasteiger partial charge in [0.2, 0.25) is 0 Å². The topological polar surface area (TPSA) is 0 Å². The molecule has 0 nitrogen and oxygen atoms in total. The zero-order valence-corrected chi connectivity index (χ0v) is 21.4. The number of hydrogen-bond acceptors (Lipinski definition) is 0. The van der Waals surface area contributed by atoms with Gasteiger partial charge in [0.15, 0.2) is 0 Å². The summed E-state index contributed by atoms with van der Waals surface area (Å²) in [6.45, 7) is 0. The average Bonchev–Trinajstić information content (AvgIpc) is 3.68. The summed E-state index contributed by atoms with van der Waals surface area (Å²) in [5.41, 5.74) is 5.24. The molecule has 6 aromatic rings. The third kappa shape index (κ3) is 11.9. The van der Waals surface area contributed by atoms with Gasteiger partial charge in [-0.25, -0.2) is 24.3 Å². The van der Waals surface area contributed by atoms with Crippen LogP contribution in [0.25, 0.3) is 22.3 Å². The molecule has 0 aromatic heterocycles. The van der Waals surface area contributed by atoms with E-state index < -0.39 is 0 Å². The van der Waals surface area contributed by atoms with Gasteiger partial charge in [0.25, 0.3) is 0 Å². The van der Waals surface area contributed by atoms with Crippen LogP contribution in [0.1, 0.15) is 0 Å². The van der Waals surface area contributed by atoms with Gasteiger partial charge in [0.05, 0.1) is 0 Å². The summed E-state index contributed by atoms with van der Waals surface area (Å²) >= 11 is 0. The normalized spacial score (nSPS) is 8.48. The largest absolute Gasteiger partial charge is 2.00 e. The molecule has 0 heterocycles. The van der Waals surface area contributed by atoms with E-state index in [0.717, 1.165) is 0 Å². The third-order valence-corrected chi connectivity index (χ3v) is 4.43. The van der Waals surface area contributed by atoms with E-state index in [0.29, 0.717) is 0 Å². The maximum atomic E-state index is 2.12. The summed E-state index contributed by atoms with van der Waals surface area (Å²) < 4.78 is 0. The van der Waals surface area contributed by atoms with Crippen molar-refractivity contribution in [3.05, 3.63) is 158 Å². The first-order valence-electron chi connectivity index (χ1n) is 10.1. The Balaban J connectivity index is 0.000000420. The number of hydrogen-bond donors (Lipinski definition) is 0. The maximum Gasteiger partial charge on any atom is 2.00 e. The van der Waals surface area contributed by atoms with E-state index in [1.165, 1.54) is 22.3 Å². The average molecular weight is 554 g/mol. The molecule has 0 amide bonds. The Morgan fingerprint density at radius 1 is 0.273 bits per heavy atom. The van der Waals surface area contributed by atoms with E-state index in [1.807, 2.05) is 60.7 Å². The fraction of sp³-hybridized carbons (Fsp3) is 0. The van der Waals surface area contributed by atoms with Crippen molar-refractivity contribution in [2.75, 3.05) is 0 Å². The quantitative estimate of drug-likeness (QED) is 0.149. The van der Waals surface area contributed by atoms with Crippen molar-refractivity contribution in [3.8, 4) is 22.3 Å². The second-order valence-corrected chi connectivity index (χ2v) is 6.62. The minimum Gasteiger partial charge on any atom is -0.214 e. The van der Waals surface area contributed by atoms with Crippen LogP contribution in [0.5, 0.6) is 0 Å². The summed E-state index contributed by atoms with van der Waals surface area (Å²) in [6.07, 6.45) is 0. The van der Waals surface area contributed by atoms with Crippen LogP contribution < -0.4 is 0 Å². The first-order chi connectivity index (χ1) is 14.9. The van der Waals surface area contributed by atoms with Gasteiger partial charge in [-0.3, -0.25) is 0 Å². The summed E-state index contributed by atoms with van der Waals surface area (Å²) in [4.78, 5) is 0. The Kier molecular flexibility index (Phi) is 17.8. The Labute approximate surface area is 229 Å². The van der Waals surface area contributed by atoms with Crippen LogP contribution in [0, 0.1) is 0 Å². The van der Waals surface area contributed by atoms with E-state index in [9.17, 15) is 0 Å². The molecular formula is C30H26Fe3. The van der Waals surface area contributed by atoms with Crippen molar-refractivity contribution in [1.82, 2.24) is 0 Å². The predicted molar refractivity (Wildman–Crippen MR) is 130 cm³/mol. The molecule has 0 bridgehead atoms. The molecule has 0 spiro atoms. The van der Waals surface area contributed by atoms with Crippen molar-refractivity contribution in [1.29, 1.82) is 0 Å². The zero-order chi connectivity index (χ0) is 20.7. The van der Waals surface area contributed by atoms with E-state index >= 15 is 0 Å². The summed E-state index contributed by atoms with van der Waals surface area (Å²) in [6, 6.07) is 53.4. The maximum absolute atomic E-state index is 2.12. The summed E-state index contributed by atoms with van der Waals surface area (Å²) in [5, 5.41) is 0. The molecule has 0 aliphatic heterocycles. The first-order valence-corrected chi connectivity index (χ1v) is 10.1. The second-order valence-electron chi connectivity index (χ2n) is 6.62. The van der Waals surface area contributed by atoms with Crippen molar-refractivity contribution >= 4 is 0 Å². The van der Waals surface area contributed by atoms with Crippen LogP contribution in [-0.2, 0) is 51.2 Å². The van der Waals surface area contributed by atoms with Gasteiger partial charge in [-0.15, -0.1) is 0 Å². The predicted octanol–water partition coefficient (Wildman–Crippen LogP) is 8.39. The molecule has 33 heavy (non-hydrogen) atoms. The Bertz CT molecular complexity index is 855. The molecule has 0 fully saturated rings. The Morgan fingerprint density at radius 2 is 0.455 bits per heavy atom. The van der Waals surface area contributed by atoms with E-state index in [1.54, 1.807) is 0 Å². The first kappa shape index (κ1) is 30.7. The van der Waals surface area contributed by atoms with Crippen molar-refractivity contribution < 1.29 is 51.2 Å². The van der Waals surface area contributed by atoms with Crippen LogP contribution in [0.3, 0.4) is 0 Å². The molecule has 0 aliphatic rings. The smallest absolute Gasteiger partial charge is 0.214 e. The molecule has 0 radical (unpaired) electrons. The molecule has 0 saturated carbocycles. The van der Waals surface area contributed by atoms with E-state index in [4.69, 9.17) is 0 Å². The van der Waals surface area contributed by atoms with Gasteiger partial charge in [-0.1, -0.05) is 0 Å². The van der Waals surface area contributed by atoms with Gasteiger partial charge in [-0.2, -0.15) is 156 Å². The van der Waals surface area contributed by atoms with E-state index in [2.05, 4.69) is 97.1 Å². The van der Waals surface area contributed by atoms with Crippen LogP contribution in [0.15, 0.2) is 158 Å². The summed E-state index contributed by atoms with van der Waals surface area (Å²) in [5.74, 6) is 0. The zero-order valence-electron chi connectivity index (χ0n) is 18.1. The van der Waals surface area contributed by atoms with Crippen LogP contribution in [-0.4, -0.2) is 0 Å². The minimum atomic E-state index is 0. The fourth-order valence-corrected chi connectivity index (χ4v) is 2.91. The van der Waals surface area contributed by atoms with Gasteiger partial charge in [0, 0.05) is 0 Å². The van der Waals surface area contributed by atoms with Gasteiger partial charge >= 0.3 is 51.2 Å². The molecule has 6 aromatic carbocycles. The molecule has 6 rings (SSSR count). The molecular weight excluding hydrogens is 528 g/mol. The molecule has 3 heteroatoms.